The quantitative estimate of drug-likeness (QED) is 0.285. The Morgan fingerprint density at radius 1 is 0.967 bits per heavy atom. The molecule has 0 aliphatic carbocycles. The lowest BCUT2D eigenvalue weighted by molar-refractivity contribution is -0.384. The molecule has 0 atom stereocenters. The molecule has 0 amide bonds. The first-order valence-corrected chi connectivity index (χ1v) is 10.6. The molecule has 3 aromatic carbocycles. The van der Waals surface area contributed by atoms with E-state index in [0.717, 1.165) is 6.07 Å². The largest absolute Gasteiger partial charge is 0.295 e. The van der Waals surface area contributed by atoms with Crippen LogP contribution in [0.2, 0.25) is 10.0 Å². The van der Waals surface area contributed by atoms with E-state index < -0.39 is 20.6 Å². The highest BCUT2D eigenvalue weighted by Crippen LogP contribution is 2.29. The van der Waals surface area contributed by atoms with Crippen molar-refractivity contribution in [3.63, 3.8) is 0 Å². The molecule has 0 aromatic heterocycles. The molecular weight excluding hydrogens is 451 g/mol. The van der Waals surface area contributed by atoms with E-state index in [1.54, 1.807) is 24.3 Å². The Hall–Kier alpha value is -3.14. The highest BCUT2D eigenvalue weighted by molar-refractivity contribution is 7.92. The number of hydrogen-bond acceptors (Lipinski definition) is 6. The zero-order valence-corrected chi connectivity index (χ0v) is 17.4. The number of sulfonamides is 1. The fourth-order valence-electron chi connectivity index (χ4n) is 2.42. The molecule has 0 bridgehead atoms. The van der Waals surface area contributed by atoms with Gasteiger partial charge in [0.1, 0.15) is 5.69 Å². The zero-order chi connectivity index (χ0) is 21.7. The Bertz CT molecular complexity index is 1220. The average Bonchev–Trinajstić information content (AvgIpc) is 2.69. The third-order valence-corrected chi connectivity index (χ3v) is 5.69. The molecule has 0 unspecified atom stereocenters. The van der Waals surface area contributed by atoms with E-state index in [1.807, 2.05) is 0 Å². The molecule has 0 heterocycles. The number of hydrogen-bond donors (Lipinski definition) is 2. The van der Waals surface area contributed by atoms with Gasteiger partial charge in [0.05, 0.1) is 16.0 Å². The number of rotatable bonds is 7. The summed E-state index contributed by atoms with van der Waals surface area (Å²) < 4.78 is 27.5. The van der Waals surface area contributed by atoms with Crippen molar-refractivity contribution < 1.29 is 13.3 Å². The lowest BCUT2D eigenvalue weighted by atomic mass is 10.2. The highest BCUT2D eigenvalue weighted by atomic mass is 35.5. The molecule has 0 spiro atoms. The van der Waals surface area contributed by atoms with Crippen molar-refractivity contribution in [1.82, 2.24) is 0 Å². The van der Waals surface area contributed by atoms with E-state index in [2.05, 4.69) is 15.2 Å². The minimum atomic E-state index is -4.05. The van der Waals surface area contributed by atoms with Gasteiger partial charge in [-0.15, -0.1) is 0 Å². The topological polar surface area (TPSA) is 114 Å². The van der Waals surface area contributed by atoms with Gasteiger partial charge in [0, 0.05) is 21.8 Å². The average molecular weight is 465 g/mol. The van der Waals surface area contributed by atoms with Gasteiger partial charge in [0.2, 0.25) is 0 Å². The molecular formula is C19H14Cl2N4O4S. The van der Waals surface area contributed by atoms with Gasteiger partial charge in [-0.05, 0) is 54.1 Å². The summed E-state index contributed by atoms with van der Waals surface area (Å²) in [6, 6.07) is 16.3. The van der Waals surface area contributed by atoms with Crippen LogP contribution < -0.4 is 10.1 Å². The molecule has 0 fully saturated rings. The number of benzene rings is 3. The van der Waals surface area contributed by atoms with Crippen LogP contribution >= 0.6 is 23.2 Å². The van der Waals surface area contributed by atoms with Gasteiger partial charge in [-0.25, -0.2) is 8.42 Å². The second kappa shape index (κ2) is 9.12. The van der Waals surface area contributed by atoms with Gasteiger partial charge in [0.15, 0.2) is 0 Å². The van der Waals surface area contributed by atoms with Crippen LogP contribution in [0.4, 0.5) is 17.1 Å². The van der Waals surface area contributed by atoms with Gasteiger partial charge in [0.25, 0.3) is 15.7 Å². The first-order chi connectivity index (χ1) is 14.2. The van der Waals surface area contributed by atoms with E-state index in [-0.39, 0.29) is 16.3 Å². The molecule has 3 rings (SSSR count). The molecule has 11 heteroatoms. The van der Waals surface area contributed by atoms with Crippen LogP contribution in [-0.4, -0.2) is 19.6 Å². The van der Waals surface area contributed by atoms with Crippen LogP contribution in [0.5, 0.6) is 0 Å². The SMILES string of the molecule is O=[N+]([O-])c1cc(S(=O)(=O)Nc2ccc(Cl)cc2)ccc1N/N=C/c1cccc(Cl)c1. The Kier molecular flexibility index (Phi) is 6.56. The van der Waals surface area contributed by atoms with Gasteiger partial charge < -0.3 is 0 Å². The maximum atomic E-state index is 12.6. The Morgan fingerprint density at radius 2 is 1.70 bits per heavy atom. The first kappa shape index (κ1) is 21.6. The normalized spacial score (nSPS) is 11.4. The highest BCUT2D eigenvalue weighted by Gasteiger charge is 2.21. The van der Waals surface area contributed by atoms with Crippen molar-refractivity contribution in [1.29, 1.82) is 0 Å². The second-order valence-corrected chi connectivity index (χ2v) is 8.53. The summed E-state index contributed by atoms with van der Waals surface area (Å²) in [5, 5.41) is 16.4. The summed E-state index contributed by atoms with van der Waals surface area (Å²) >= 11 is 11.7. The third kappa shape index (κ3) is 5.47. The summed E-state index contributed by atoms with van der Waals surface area (Å²) in [5.41, 5.74) is 3.09. The Morgan fingerprint density at radius 3 is 2.37 bits per heavy atom. The summed E-state index contributed by atoms with van der Waals surface area (Å²) in [7, 11) is -4.05. The maximum Gasteiger partial charge on any atom is 0.295 e. The van der Waals surface area contributed by atoms with Crippen LogP contribution in [0.15, 0.2) is 76.7 Å². The molecule has 0 radical (unpaired) electrons. The van der Waals surface area contributed by atoms with Crippen molar-refractivity contribution in [2.75, 3.05) is 10.1 Å². The van der Waals surface area contributed by atoms with Crippen molar-refractivity contribution in [2.45, 2.75) is 4.90 Å². The number of nitrogens with zero attached hydrogens (tertiary/aromatic N) is 2. The molecule has 0 aliphatic heterocycles. The summed E-state index contributed by atoms with van der Waals surface area (Å²) in [4.78, 5) is 10.5. The van der Waals surface area contributed by atoms with E-state index in [9.17, 15) is 18.5 Å². The molecule has 0 saturated heterocycles. The molecule has 154 valence electrons. The summed E-state index contributed by atoms with van der Waals surface area (Å²) in [6.45, 7) is 0. The van der Waals surface area contributed by atoms with Crippen LogP contribution in [0.1, 0.15) is 5.56 Å². The number of anilines is 2. The van der Waals surface area contributed by atoms with Gasteiger partial charge in [-0.3, -0.25) is 20.3 Å². The van der Waals surface area contributed by atoms with Crippen molar-refractivity contribution in [3.8, 4) is 0 Å². The van der Waals surface area contributed by atoms with Gasteiger partial charge >= 0.3 is 0 Å². The molecule has 3 aromatic rings. The monoisotopic (exact) mass is 464 g/mol. The fraction of sp³-hybridized carbons (Fsp3) is 0. The van der Waals surface area contributed by atoms with Crippen molar-refractivity contribution in [3.05, 3.63) is 92.5 Å². The van der Waals surface area contributed by atoms with Crippen molar-refractivity contribution in [2.24, 2.45) is 5.10 Å². The minimum absolute atomic E-state index is 0.0312. The summed E-state index contributed by atoms with van der Waals surface area (Å²) in [5.74, 6) is 0. The lowest BCUT2D eigenvalue weighted by Crippen LogP contribution is -2.13. The molecule has 0 saturated carbocycles. The van der Waals surface area contributed by atoms with Gasteiger partial charge in [-0.2, -0.15) is 5.10 Å². The predicted octanol–water partition coefficient (Wildman–Crippen LogP) is 5.15. The Labute approximate surface area is 182 Å². The van der Waals surface area contributed by atoms with Crippen LogP contribution in [0.25, 0.3) is 0 Å². The smallest absolute Gasteiger partial charge is 0.280 e. The summed E-state index contributed by atoms with van der Waals surface area (Å²) in [6.07, 6.45) is 1.43. The first-order valence-electron chi connectivity index (χ1n) is 8.36. The maximum absolute atomic E-state index is 12.6. The van der Waals surface area contributed by atoms with Crippen LogP contribution in [0.3, 0.4) is 0 Å². The second-order valence-electron chi connectivity index (χ2n) is 5.97. The predicted molar refractivity (Wildman–Crippen MR) is 118 cm³/mol. The van der Waals surface area contributed by atoms with Crippen molar-refractivity contribution >= 4 is 56.5 Å². The van der Waals surface area contributed by atoms with E-state index in [0.29, 0.717) is 15.6 Å². The molecule has 8 nitrogen and oxygen atoms in total. The third-order valence-electron chi connectivity index (χ3n) is 3.82. The van der Waals surface area contributed by atoms with E-state index >= 15 is 0 Å². The van der Waals surface area contributed by atoms with Crippen LogP contribution in [-0.2, 0) is 10.0 Å². The molecule has 30 heavy (non-hydrogen) atoms. The van der Waals surface area contributed by atoms with Crippen LogP contribution in [0, 0.1) is 10.1 Å². The standard InChI is InChI=1S/C19H14Cl2N4O4S/c20-14-4-6-16(7-5-14)24-30(28,29)17-8-9-18(19(11-17)25(26)27)23-22-12-13-2-1-3-15(21)10-13/h1-12,23-24H/b22-12+. The van der Waals surface area contributed by atoms with Gasteiger partial charge in [-0.1, -0.05) is 35.3 Å². The van der Waals surface area contributed by atoms with E-state index in [4.69, 9.17) is 23.2 Å². The molecule has 0 aliphatic rings. The Balaban J connectivity index is 1.83. The number of nitro groups is 1. The minimum Gasteiger partial charge on any atom is -0.280 e. The fourth-order valence-corrected chi connectivity index (χ4v) is 3.82. The number of nitro benzene ring substituents is 1. The number of halogens is 2. The zero-order valence-electron chi connectivity index (χ0n) is 15.1. The van der Waals surface area contributed by atoms with E-state index in [1.165, 1.54) is 42.6 Å². The number of nitrogens with one attached hydrogen (secondary N) is 2. The number of hydrazone groups is 1. The molecule has 2 N–H and O–H groups in total. The lowest BCUT2D eigenvalue weighted by Gasteiger charge is -2.09.